The maximum absolute atomic E-state index is 13.0. The summed E-state index contributed by atoms with van der Waals surface area (Å²) in [6.45, 7) is 0. The Bertz CT molecular complexity index is 619. The Morgan fingerprint density at radius 3 is 2.89 bits per heavy atom. The predicted octanol–water partition coefficient (Wildman–Crippen LogP) is 3.08. The third-order valence-electron chi connectivity index (χ3n) is 2.30. The molecule has 19 heavy (non-hydrogen) atoms. The Kier molecular flexibility index (Phi) is 4.01. The van der Waals surface area contributed by atoms with Gasteiger partial charge in [-0.3, -0.25) is 0 Å². The first-order chi connectivity index (χ1) is 9.10. The van der Waals surface area contributed by atoms with E-state index in [1.54, 1.807) is 31.4 Å². The standard InChI is InChI=1S/C13H10FNO3S/c1-18-9-3-2-4-10(6-9)19-12-11(13(16)17)5-8(14)7-15-12/h2-7H,1H3,(H,16,17). The topological polar surface area (TPSA) is 59.4 Å². The number of nitrogens with zero attached hydrogens (tertiary/aromatic N) is 1. The highest BCUT2D eigenvalue weighted by molar-refractivity contribution is 7.99. The lowest BCUT2D eigenvalue weighted by atomic mass is 10.3. The first-order valence-corrected chi connectivity index (χ1v) is 6.12. The molecule has 0 saturated carbocycles. The fourth-order valence-corrected chi connectivity index (χ4v) is 2.34. The molecule has 0 radical (unpaired) electrons. The Hall–Kier alpha value is -2.08. The van der Waals surface area contributed by atoms with Gasteiger partial charge in [-0.25, -0.2) is 14.2 Å². The van der Waals surface area contributed by atoms with E-state index in [-0.39, 0.29) is 10.6 Å². The van der Waals surface area contributed by atoms with Gasteiger partial charge in [0.25, 0.3) is 0 Å². The number of aromatic nitrogens is 1. The molecular weight excluding hydrogens is 269 g/mol. The van der Waals surface area contributed by atoms with E-state index in [2.05, 4.69) is 4.98 Å². The fourth-order valence-electron chi connectivity index (χ4n) is 1.44. The lowest BCUT2D eigenvalue weighted by Gasteiger charge is -2.06. The minimum atomic E-state index is -1.21. The van der Waals surface area contributed by atoms with Crippen molar-refractivity contribution in [2.75, 3.05) is 7.11 Å². The van der Waals surface area contributed by atoms with E-state index >= 15 is 0 Å². The molecule has 4 nitrogen and oxygen atoms in total. The molecule has 1 N–H and O–H groups in total. The average Bonchev–Trinajstić information content (AvgIpc) is 2.41. The molecule has 0 bridgehead atoms. The van der Waals surface area contributed by atoms with Gasteiger partial charge in [0.15, 0.2) is 0 Å². The van der Waals surface area contributed by atoms with Crippen molar-refractivity contribution in [1.29, 1.82) is 0 Å². The zero-order chi connectivity index (χ0) is 13.8. The normalized spacial score (nSPS) is 10.2. The molecule has 98 valence electrons. The first kappa shape index (κ1) is 13.4. The van der Waals surface area contributed by atoms with Gasteiger partial charge in [-0.2, -0.15) is 0 Å². The molecule has 2 rings (SSSR count). The number of aromatic carboxylic acids is 1. The van der Waals surface area contributed by atoms with Crippen LogP contribution < -0.4 is 4.74 Å². The monoisotopic (exact) mass is 279 g/mol. The van der Waals surface area contributed by atoms with Gasteiger partial charge in [-0.1, -0.05) is 17.8 Å². The van der Waals surface area contributed by atoms with Gasteiger partial charge in [0.2, 0.25) is 0 Å². The number of hydrogen-bond acceptors (Lipinski definition) is 4. The van der Waals surface area contributed by atoms with E-state index < -0.39 is 11.8 Å². The van der Waals surface area contributed by atoms with Crippen LogP contribution in [0.2, 0.25) is 0 Å². The maximum Gasteiger partial charge on any atom is 0.338 e. The summed E-state index contributed by atoms with van der Waals surface area (Å²) >= 11 is 1.14. The minimum Gasteiger partial charge on any atom is -0.497 e. The molecule has 6 heteroatoms. The number of ether oxygens (including phenoxy) is 1. The Morgan fingerprint density at radius 2 is 2.21 bits per heavy atom. The SMILES string of the molecule is COc1cccc(Sc2ncc(F)cc2C(=O)O)c1. The van der Waals surface area contributed by atoms with E-state index in [4.69, 9.17) is 9.84 Å². The summed E-state index contributed by atoms with van der Waals surface area (Å²) in [4.78, 5) is 15.6. The zero-order valence-corrected chi connectivity index (χ0v) is 10.8. The number of halogens is 1. The summed E-state index contributed by atoms with van der Waals surface area (Å²) in [6.07, 6.45) is 0.995. The van der Waals surface area contributed by atoms with Crippen LogP contribution in [0.5, 0.6) is 5.75 Å². The number of pyridine rings is 1. The van der Waals surface area contributed by atoms with E-state index in [1.807, 2.05) is 0 Å². The van der Waals surface area contributed by atoms with Crippen LogP contribution >= 0.6 is 11.8 Å². The zero-order valence-electron chi connectivity index (χ0n) is 9.96. The molecule has 0 fully saturated rings. The van der Waals surface area contributed by atoms with Crippen LogP contribution in [0.1, 0.15) is 10.4 Å². The number of methoxy groups -OCH3 is 1. The fraction of sp³-hybridized carbons (Fsp3) is 0.0769. The molecule has 0 spiro atoms. The summed E-state index contributed by atoms with van der Waals surface area (Å²) in [7, 11) is 1.54. The van der Waals surface area contributed by atoms with Crippen LogP contribution in [0.25, 0.3) is 0 Å². The van der Waals surface area contributed by atoms with Crippen molar-refractivity contribution in [1.82, 2.24) is 4.98 Å². The molecule has 0 aliphatic rings. The molecule has 0 unspecified atom stereocenters. The van der Waals surface area contributed by atoms with Gasteiger partial charge in [0.05, 0.1) is 18.9 Å². The molecule has 0 aliphatic heterocycles. The molecule has 0 saturated heterocycles. The second-order valence-corrected chi connectivity index (χ2v) is 4.65. The second kappa shape index (κ2) is 5.71. The van der Waals surface area contributed by atoms with Crippen molar-refractivity contribution in [2.24, 2.45) is 0 Å². The lowest BCUT2D eigenvalue weighted by Crippen LogP contribution is -2.01. The van der Waals surface area contributed by atoms with Crippen molar-refractivity contribution in [2.45, 2.75) is 9.92 Å². The highest BCUT2D eigenvalue weighted by Crippen LogP contribution is 2.31. The van der Waals surface area contributed by atoms with Crippen LogP contribution in [0.3, 0.4) is 0 Å². The Morgan fingerprint density at radius 1 is 1.42 bits per heavy atom. The van der Waals surface area contributed by atoms with Gasteiger partial charge in [-0.05, 0) is 24.3 Å². The summed E-state index contributed by atoms with van der Waals surface area (Å²) in [6, 6.07) is 8.06. The molecular formula is C13H10FNO3S. The van der Waals surface area contributed by atoms with Gasteiger partial charge in [0.1, 0.15) is 16.6 Å². The summed E-state index contributed by atoms with van der Waals surface area (Å²) in [5.74, 6) is -1.23. The highest BCUT2D eigenvalue weighted by atomic mass is 32.2. The number of carboxylic acid groups (broad SMARTS) is 1. The van der Waals surface area contributed by atoms with Crippen LogP contribution in [0.15, 0.2) is 46.5 Å². The van der Waals surface area contributed by atoms with Crippen LogP contribution in [-0.4, -0.2) is 23.2 Å². The number of carbonyl (C=O) groups is 1. The van der Waals surface area contributed by atoms with Crippen molar-refractivity contribution in [3.05, 3.63) is 47.9 Å². The Labute approximate surface area is 113 Å². The van der Waals surface area contributed by atoms with Crippen molar-refractivity contribution in [3.63, 3.8) is 0 Å². The molecule has 0 amide bonds. The molecule has 0 aliphatic carbocycles. The van der Waals surface area contributed by atoms with Crippen molar-refractivity contribution >= 4 is 17.7 Å². The molecule has 0 atom stereocenters. The third kappa shape index (κ3) is 3.23. The van der Waals surface area contributed by atoms with Gasteiger partial charge in [0, 0.05) is 4.90 Å². The number of benzene rings is 1. The third-order valence-corrected chi connectivity index (χ3v) is 3.31. The van der Waals surface area contributed by atoms with E-state index in [1.165, 1.54) is 0 Å². The molecule has 1 heterocycles. The first-order valence-electron chi connectivity index (χ1n) is 5.31. The number of rotatable bonds is 4. The quantitative estimate of drug-likeness (QED) is 0.932. The molecule has 1 aromatic heterocycles. The number of carboxylic acids is 1. The van der Waals surface area contributed by atoms with Crippen LogP contribution in [-0.2, 0) is 0 Å². The van der Waals surface area contributed by atoms with Crippen LogP contribution in [0, 0.1) is 5.82 Å². The summed E-state index contributed by atoms with van der Waals surface area (Å²) < 4.78 is 18.1. The largest absolute Gasteiger partial charge is 0.497 e. The van der Waals surface area contributed by atoms with Gasteiger partial charge < -0.3 is 9.84 Å². The predicted molar refractivity (Wildman–Crippen MR) is 68.3 cm³/mol. The minimum absolute atomic E-state index is 0.159. The Balaban J connectivity index is 2.34. The van der Waals surface area contributed by atoms with Crippen molar-refractivity contribution < 1.29 is 19.0 Å². The summed E-state index contributed by atoms with van der Waals surface area (Å²) in [5.41, 5.74) is -0.159. The van der Waals surface area contributed by atoms with Crippen LogP contribution in [0.4, 0.5) is 4.39 Å². The van der Waals surface area contributed by atoms with Crippen molar-refractivity contribution in [3.8, 4) is 5.75 Å². The highest BCUT2D eigenvalue weighted by Gasteiger charge is 2.14. The second-order valence-electron chi connectivity index (χ2n) is 3.59. The van der Waals surface area contributed by atoms with E-state index in [0.29, 0.717) is 5.75 Å². The molecule has 2 aromatic rings. The molecule has 1 aromatic carbocycles. The average molecular weight is 279 g/mol. The summed E-state index contributed by atoms with van der Waals surface area (Å²) in [5, 5.41) is 9.26. The smallest absolute Gasteiger partial charge is 0.338 e. The van der Waals surface area contributed by atoms with Gasteiger partial charge >= 0.3 is 5.97 Å². The van der Waals surface area contributed by atoms with E-state index in [9.17, 15) is 9.18 Å². The van der Waals surface area contributed by atoms with Gasteiger partial charge in [-0.15, -0.1) is 0 Å². The maximum atomic E-state index is 13.0. The lowest BCUT2D eigenvalue weighted by molar-refractivity contribution is 0.0691. The number of hydrogen-bond donors (Lipinski definition) is 1. The van der Waals surface area contributed by atoms with E-state index in [0.717, 1.165) is 28.9 Å².